The molecular weight excluding hydrogens is 328 g/mol. The molecule has 1 aliphatic carbocycles. The Bertz CT molecular complexity index is 584. The lowest BCUT2D eigenvalue weighted by atomic mass is 9.81. The summed E-state index contributed by atoms with van der Waals surface area (Å²) in [4.78, 5) is 6.44. The Morgan fingerprint density at radius 1 is 1.26 bits per heavy atom. The van der Waals surface area contributed by atoms with Crippen LogP contribution >= 0.6 is 15.9 Å². The van der Waals surface area contributed by atoms with Crippen LogP contribution in [0.5, 0.6) is 0 Å². The number of pyridine rings is 1. The molecule has 2 fully saturated rings. The quantitative estimate of drug-likeness (QED) is 0.784. The van der Waals surface area contributed by atoms with Gasteiger partial charge in [-0.1, -0.05) is 22.4 Å². The zero-order chi connectivity index (χ0) is 13.5. The van der Waals surface area contributed by atoms with Gasteiger partial charge in [0, 0.05) is 23.8 Å². The average molecular weight is 345 g/mol. The molecule has 0 aromatic carbocycles. The van der Waals surface area contributed by atoms with Gasteiger partial charge < -0.3 is 4.90 Å². The fraction of sp³-hybridized carbons (Fsp3) is 0.615. The van der Waals surface area contributed by atoms with E-state index in [1.54, 1.807) is 6.20 Å². The maximum atomic E-state index is 12.4. The predicted molar refractivity (Wildman–Crippen MR) is 79.1 cm³/mol. The van der Waals surface area contributed by atoms with Crippen molar-refractivity contribution >= 4 is 31.6 Å². The van der Waals surface area contributed by atoms with Gasteiger partial charge in [-0.2, -0.15) is 0 Å². The molecular formula is C13H17BrN2O2S. The predicted octanol–water partition coefficient (Wildman–Crippen LogP) is 2.39. The third-order valence-electron chi connectivity index (χ3n) is 4.42. The van der Waals surface area contributed by atoms with Crippen LogP contribution in [0, 0.1) is 0 Å². The molecule has 1 saturated heterocycles. The monoisotopic (exact) mass is 344 g/mol. The van der Waals surface area contributed by atoms with Crippen LogP contribution in [-0.4, -0.2) is 37.0 Å². The fourth-order valence-corrected chi connectivity index (χ4v) is 5.51. The van der Waals surface area contributed by atoms with Crippen LogP contribution in [0.15, 0.2) is 22.8 Å². The van der Waals surface area contributed by atoms with Gasteiger partial charge in [0.1, 0.15) is 5.82 Å². The highest BCUT2D eigenvalue weighted by molar-refractivity contribution is 9.10. The van der Waals surface area contributed by atoms with Crippen molar-refractivity contribution in [2.45, 2.75) is 30.4 Å². The standard InChI is InChI=1S/C13H17BrN2O2S/c14-11-2-6-15-12(10-11)16-7-5-13(3-1-4-13)19(17,18)9-8-16/h2,6,10H,1,3-5,7-9H2. The van der Waals surface area contributed by atoms with E-state index in [4.69, 9.17) is 0 Å². The first kappa shape index (κ1) is 13.4. The molecule has 19 heavy (non-hydrogen) atoms. The molecule has 0 bridgehead atoms. The van der Waals surface area contributed by atoms with E-state index in [-0.39, 0.29) is 5.75 Å². The maximum Gasteiger partial charge on any atom is 0.157 e. The Morgan fingerprint density at radius 3 is 2.68 bits per heavy atom. The van der Waals surface area contributed by atoms with Crippen LogP contribution in [-0.2, 0) is 9.84 Å². The van der Waals surface area contributed by atoms with E-state index in [0.717, 1.165) is 42.5 Å². The molecule has 104 valence electrons. The minimum atomic E-state index is -2.96. The van der Waals surface area contributed by atoms with E-state index in [9.17, 15) is 8.42 Å². The summed E-state index contributed by atoms with van der Waals surface area (Å²) in [5.41, 5.74) is 0. The van der Waals surface area contributed by atoms with Crippen molar-refractivity contribution in [3.8, 4) is 0 Å². The molecule has 2 heterocycles. The van der Waals surface area contributed by atoms with Crippen LogP contribution < -0.4 is 4.90 Å². The van der Waals surface area contributed by atoms with E-state index >= 15 is 0 Å². The Kier molecular flexibility index (Phi) is 3.33. The lowest BCUT2D eigenvalue weighted by Gasteiger charge is -2.40. The third kappa shape index (κ3) is 2.29. The van der Waals surface area contributed by atoms with Crippen molar-refractivity contribution in [3.63, 3.8) is 0 Å². The number of sulfone groups is 1. The molecule has 1 aliphatic heterocycles. The summed E-state index contributed by atoms with van der Waals surface area (Å²) in [5, 5.41) is 0. The van der Waals surface area contributed by atoms with Gasteiger partial charge in [0.2, 0.25) is 0 Å². The van der Waals surface area contributed by atoms with Crippen molar-refractivity contribution in [2.24, 2.45) is 0 Å². The van der Waals surface area contributed by atoms with Gasteiger partial charge in [0.25, 0.3) is 0 Å². The molecule has 0 atom stereocenters. The number of halogens is 1. The summed E-state index contributed by atoms with van der Waals surface area (Å²) in [7, 11) is -2.96. The minimum Gasteiger partial charge on any atom is -0.356 e. The third-order valence-corrected chi connectivity index (χ3v) is 7.57. The average Bonchev–Trinajstić information content (AvgIpc) is 2.44. The fourth-order valence-electron chi connectivity index (χ4n) is 2.98. The van der Waals surface area contributed by atoms with E-state index in [2.05, 4.69) is 25.8 Å². The van der Waals surface area contributed by atoms with E-state index in [1.165, 1.54) is 0 Å². The molecule has 2 aliphatic rings. The molecule has 0 amide bonds. The number of rotatable bonds is 1. The molecule has 1 spiro atoms. The van der Waals surface area contributed by atoms with Gasteiger partial charge in [-0.05, 0) is 31.4 Å². The number of nitrogens with zero attached hydrogens (tertiary/aromatic N) is 2. The summed E-state index contributed by atoms with van der Waals surface area (Å²) in [6.07, 6.45) is 5.22. The van der Waals surface area contributed by atoms with E-state index in [0.29, 0.717) is 6.54 Å². The van der Waals surface area contributed by atoms with Crippen molar-refractivity contribution in [3.05, 3.63) is 22.8 Å². The normalized spacial score (nSPS) is 24.8. The Hall–Kier alpha value is -0.620. The van der Waals surface area contributed by atoms with Crippen molar-refractivity contribution in [2.75, 3.05) is 23.7 Å². The number of hydrogen-bond acceptors (Lipinski definition) is 4. The molecule has 0 radical (unpaired) electrons. The first-order chi connectivity index (χ1) is 9.02. The summed E-state index contributed by atoms with van der Waals surface area (Å²) >= 11 is 3.43. The highest BCUT2D eigenvalue weighted by Gasteiger charge is 2.49. The van der Waals surface area contributed by atoms with E-state index < -0.39 is 14.6 Å². The van der Waals surface area contributed by atoms with Crippen LogP contribution in [0.3, 0.4) is 0 Å². The smallest absolute Gasteiger partial charge is 0.157 e. The molecule has 6 heteroatoms. The largest absolute Gasteiger partial charge is 0.356 e. The van der Waals surface area contributed by atoms with Crippen molar-refractivity contribution in [1.82, 2.24) is 4.98 Å². The molecule has 4 nitrogen and oxygen atoms in total. The Morgan fingerprint density at radius 2 is 2.05 bits per heavy atom. The van der Waals surface area contributed by atoms with Gasteiger partial charge >= 0.3 is 0 Å². The minimum absolute atomic E-state index is 0.251. The first-order valence-electron chi connectivity index (χ1n) is 6.61. The number of anilines is 1. The van der Waals surface area contributed by atoms with Gasteiger partial charge in [0.15, 0.2) is 9.84 Å². The van der Waals surface area contributed by atoms with Gasteiger partial charge in [-0.3, -0.25) is 0 Å². The second-order valence-electron chi connectivity index (χ2n) is 5.42. The zero-order valence-corrected chi connectivity index (χ0v) is 13.1. The first-order valence-corrected chi connectivity index (χ1v) is 9.06. The molecule has 1 aromatic rings. The molecule has 3 rings (SSSR count). The van der Waals surface area contributed by atoms with Gasteiger partial charge in [-0.15, -0.1) is 0 Å². The number of hydrogen-bond donors (Lipinski definition) is 0. The van der Waals surface area contributed by atoms with Crippen molar-refractivity contribution < 1.29 is 8.42 Å². The van der Waals surface area contributed by atoms with Crippen molar-refractivity contribution in [1.29, 1.82) is 0 Å². The Labute approximate surface area is 122 Å². The highest BCUT2D eigenvalue weighted by Crippen LogP contribution is 2.44. The Balaban J connectivity index is 1.85. The molecule has 1 saturated carbocycles. The van der Waals surface area contributed by atoms with Crippen LogP contribution in [0.2, 0.25) is 0 Å². The summed E-state index contributed by atoms with van der Waals surface area (Å²) in [6, 6.07) is 3.83. The summed E-state index contributed by atoms with van der Waals surface area (Å²) in [6.45, 7) is 1.33. The SMILES string of the molecule is O=S1(=O)CCN(c2cc(Br)ccn2)CCC12CCC2. The van der Waals surface area contributed by atoms with Crippen LogP contribution in [0.1, 0.15) is 25.7 Å². The van der Waals surface area contributed by atoms with Crippen LogP contribution in [0.4, 0.5) is 5.82 Å². The molecule has 1 aromatic heterocycles. The lowest BCUT2D eigenvalue weighted by Crippen LogP contribution is -2.46. The summed E-state index contributed by atoms with van der Waals surface area (Å²) < 4.78 is 25.3. The highest BCUT2D eigenvalue weighted by atomic mass is 79.9. The van der Waals surface area contributed by atoms with E-state index in [1.807, 2.05) is 12.1 Å². The summed E-state index contributed by atoms with van der Waals surface area (Å²) in [5.74, 6) is 1.11. The zero-order valence-electron chi connectivity index (χ0n) is 10.7. The van der Waals surface area contributed by atoms with Crippen LogP contribution in [0.25, 0.3) is 0 Å². The lowest BCUT2D eigenvalue weighted by molar-refractivity contribution is 0.324. The van der Waals surface area contributed by atoms with Gasteiger partial charge in [0.05, 0.1) is 10.5 Å². The second kappa shape index (κ2) is 4.74. The van der Waals surface area contributed by atoms with Gasteiger partial charge in [-0.25, -0.2) is 13.4 Å². The maximum absolute atomic E-state index is 12.4. The molecule has 0 unspecified atom stereocenters. The second-order valence-corrected chi connectivity index (χ2v) is 8.84. The molecule has 0 N–H and O–H groups in total. The topological polar surface area (TPSA) is 50.3 Å². The number of aromatic nitrogens is 1.